The number of carbonyl (C=O) groups is 2. The first-order chi connectivity index (χ1) is 11.1. The molecular weight excluding hydrogens is 314 g/mol. The van der Waals surface area contributed by atoms with Gasteiger partial charge < -0.3 is 9.64 Å². The number of aromatic nitrogens is 2. The first kappa shape index (κ1) is 17.1. The number of ether oxygens (including phenoxy) is 1. The van der Waals surface area contributed by atoms with Crippen LogP contribution < -0.4 is 0 Å². The summed E-state index contributed by atoms with van der Waals surface area (Å²) < 4.78 is 4.85. The molecule has 0 radical (unpaired) electrons. The Morgan fingerprint density at radius 1 is 1.35 bits per heavy atom. The monoisotopic (exact) mass is 333 g/mol. The normalized spacial score (nSPS) is 10.3. The van der Waals surface area contributed by atoms with Crippen LogP contribution in [0.25, 0.3) is 10.7 Å². The molecule has 2 aromatic rings. The smallest absolute Gasteiger partial charge is 0.307 e. The molecule has 0 unspecified atom stereocenters. The fraction of sp³-hybridized carbons (Fsp3) is 0.375. The molecule has 0 saturated heterocycles. The zero-order valence-corrected chi connectivity index (χ0v) is 14.0. The number of amides is 1. The second kappa shape index (κ2) is 8.38. The SMILES string of the molecule is CCOC(=O)CCN(C)C(=O)Cc1csc(-c2ccccn2)n1. The van der Waals surface area contributed by atoms with Crippen molar-refractivity contribution in [1.29, 1.82) is 0 Å². The van der Waals surface area contributed by atoms with Gasteiger partial charge in [0.2, 0.25) is 5.91 Å². The van der Waals surface area contributed by atoms with E-state index >= 15 is 0 Å². The fourth-order valence-corrected chi connectivity index (χ4v) is 2.70. The van der Waals surface area contributed by atoms with E-state index in [1.54, 1.807) is 20.2 Å². The Kier molecular flexibility index (Phi) is 6.22. The van der Waals surface area contributed by atoms with Crippen molar-refractivity contribution < 1.29 is 14.3 Å². The summed E-state index contributed by atoms with van der Waals surface area (Å²) in [6.07, 6.45) is 2.12. The molecule has 7 heteroatoms. The van der Waals surface area contributed by atoms with Crippen LogP contribution in [0.4, 0.5) is 0 Å². The zero-order valence-electron chi connectivity index (χ0n) is 13.2. The maximum atomic E-state index is 12.2. The number of rotatable bonds is 7. The molecule has 23 heavy (non-hydrogen) atoms. The second-order valence-corrected chi connectivity index (χ2v) is 5.76. The largest absolute Gasteiger partial charge is 0.466 e. The van der Waals surface area contributed by atoms with Gasteiger partial charge in [-0.1, -0.05) is 6.07 Å². The summed E-state index contributed by atoms with van der Waals surface area (Å²) in [5, 5.41) is 2.66. The van der Waals surface area contributed by atoms with E-state index in [1.807, 2.05) is 23.6 Å². The van der Waals surface area contributed by atoms with Crippen molar-refractivity contribution in [3.05, 3.63) is 35.5 Å². The van der Waals surface area contributed by atoms with Crippen molar-refractivity contribution in [1.82, 2.24) is 14.9 Å². The average Bonchev–Trinajstić information content (AvgIpc) is 3.02. The number of thiazole rings is 1. The molecule has 0 aromatic carbocycles. The van der Waals surface area contributed by atoms with Gasteiger partial charge in [0.1, 0.15) is 5.01 Å². The summed E-state index contributed by atoms with van der Waals surface area (Å²) in [7, 11) is 1.67. The predicted molar refractivity (Wildman–Crippen MR) is 87.9 cm³/mol. The quantitative estimate of drug-likeness (QED) is 0.726. The van der Waals surface area contributed by atoms with Crippen LogP contribution in [0.3, 0.4) is 0 Å². The van der Waals surface area contributed by atoms with E-state index in [2.05, 4.69) is 9.97 Å². The van der Waals surface area contributed by atoms with E-state index in [0.717, 1.165) is 10.7 Å². The minimum atomic E-state index is -0.293. The van der Waals surface area contributed by atoms with Crippen molar-refractivity contribution in [2.24, 2.45) is 0 Å². The number of carbonyl (C=O) groups excluding carboxylic acids is 2. The van der Waals surface area contributed by atoms with Gasteiger partial charge in [0.25, 0.3) is 0 Å². The molecule has 0 saturated carbocycles. The summed E-state index contributed by atoms with van der Waals surface area (Å²) >= 11 is 1.46. The van der Waals surface area contributed by atoms with Crippen LogP contribution in [-0.4, -0.2) is 46.9 Å². The fourth-order valence-electron chi connectivity index (χ4n) is 1.90. The number of esters is 1. The highest BCUT2D eigenvalue weighted by molar-refractivity contribution is 7.13. The Morgan fingerprint density at radius 3 is 2.87 bits per heavy atom. The maximum Gasteiger partial charge on any atom is 0.307 e. The Balaban J connectivity index is 1.88. The van der Waals surface area contributed by atoms with E-state index in [9.17, 15) is 9.59 Å². The highest BCUT2D eigenvalue weighted by Gasteiger charge is 2.14. The molecule has 2 rings (SSSR count). The van der Waals surface area contributed by atoms with Gasteiger partial charge in [0.15, 0.2) is 0 Å². The molecule has 0 aliphatic heterocycles. The van der Waals surface area contributed by atoms with Gasteiger partial charge >= 0.3 is 5.97 Å². The van der Waals surface area contributed by atoms with Crippen LogP contribution in [0.5, 0.6) is 0 Å². The molecule has 1 amide bonds. The van der Waals surface area contributed by atoms with Crippen LogP contribution >= 0.6 is 11.3 Å². The Hall–Kier alpha value is -2.28. The van der Waals surface area contributed by atoms with Crippen LogP contribution in [0.15, 0.2) is 29.8 Å². The lowest BCUT2D eigenvalue weighted by molar-refractivity contribution is -0.143. The van der Waals surface area contributed by atoms with Crippen LogP contribution in [0, 0.1) is 0 Å². The van der Waals surface area contributed by atoms with Crippen LogP contribution in [0.2, 0.25) is 0 Å². The van der Waals surface area contributed by atoms with Gasteiger partial charge in [-0.05, 0) is 19.1 Å². The third kappa shape index (κ3) is 5.14. The molecular formula is C16H19N3O3S. The summed E-state index contributed by atoms with van der Waals surface area (Å²) in [6, 6.07) is 5.63. The summed E-state index contributed by atoms with van der Waals surface area (Å²) in [4.78, 5) is 33.7. The molecule has 0 aliphatic carbocycles. The molecule has 0 spiro atoms. The lowest BCUT2D eigenvalue weighted by atomic mass is 10.3. The Morgan fingerprint density at radius 2 is 2.17 bits per heavy atom. The Labute approximate surface area is 139 Å². The summed E-state index contributed by atoms with van der Waals surface area (Å²) in [6.45, 7) is 2.45. The second-order valence-electron chi connectivity index (χ2n) is 4.91. The van der Waals surface area contributed by atoms with Gasteiger partial charge in [-0.2, -0.15) is 0 Å². The van der Waals surface area contributed by atoms with Crippen molar-refractivity contribution in [2.45, 2.75) is 19.8 Å². The van der Waals surface area contributed by atoms with Gasteiger partial charge in [-0.3, -0.25) is 14.6 Å². The summed E-state index contributed by atoms with van der Waals surface area (Å²) in [5.74, 6) is -0.370. The Bertz CT molecular complexity index is 658. The number of hydrogen-bond donors (Lipinski definition) is 0. The van der Waals surface area contributed by atoms with E-state index in [0.29, 0.717) is 18.8 Å². The topological polar surface area (TPSA) is 72.4 Å². The van der Waals surface area contributed by atoms with Crippen LogP contribution in [-0.2, 0) is 20.7 Å². The summed E-state index contributed by atoms with van der Waals surface area (Å²) in [5.41, 5.74) is 1.51. The van der Waals surface area contributed by atoms with E-state index in [-0.39, 0.29) is 24.7 Å². The molecule has 122 valence electrons. The first-order valence-corrected chi connectivity index (χ1v) is 8.23. The highest BCUT2D eigenvalue weighted by Crippen LogP contribution is 2.21. The molecule has 0 fully saturated rings. The van der Waals surface area contributed by atoms with E-state index in [4.69, 9.17) is 4.74 Å². The third-order valence-electron chi connectivity index (χ3n) is 3.15. The van der Waals surface area contributed by atoms with Crippen molar-refractivity contribution in [3.63, 3.8) is 0 Å². The van der Waals surface area contributed by atoms with E-state index in [1.165, 1.54) is 16.2 Å². The minimum Gasteiger partial charge on any atom is -0.466 e. The molecule has 0 atom stereocenters. The predicted octanol–water partition coefficient (Wildman–Crippen LogP) is 2.16. The van der Waals surface area contributed by atoms with Crippen molar-refractivity contribution in [2.75, 3.05) is 20.2 Å². The number of hydrogen-bond acceptors (Lipinski definition) is 6. The molecule has 0 bridgehead atoms. The van der Waals surface area contributed by atoms with Gasteiger partial charge in [0.05, 0.1) is 30.8 Å². The highest BCUT2D eigenvalue weighted by atomic mass is 32.1. The zero-order chi connectivity index (χ0) is 16.7. The number of nitrogens with zero attached hydrogens (tertiary/aromatic N) is 3. The standard InChI is InChI=1S/C16H19N3O3S/c1-3-22-15(21)7-9-19(2)14(20)10-12-11-23-16(18-12)13-6-4-5-8-17-13/h4-6,8,11H,3,7,9-10H2,1-2H3. The lowest BCUT2D eigenvalue weighted by Gasteiger charge is -2.15. The van der Waals surface area contributed by atoms with Crippen molar-refractivity contribution >= 4 is 23.2 Å². The number of likely N-dealkylation sites (N-methyl/N-ethyl adjacent to an activating group) is 1. The third-order valence-corrected chi connectivity index (χ3v) is 4.06. The molecule has 2 heterocycles. The van der Waals surface area contributed by atoms with Gasteiger partial charge in [0, 0.05) is 25.2 Å². The first-order valence-electron chi connectivity index (χ1n) is 7.35. The van der Waals surface area contributed by atoms with Crippen LogP contribution in [0.1, 0.15) is 19.0 Å². The molecule has 2 aromatic heterocycles. The lowest BCUT2D eigenvalue weighted by Crippen LogP contribution is -2.30. The minimum absolute atomic E-state index is 0.0767. The number of pyridine rings is 1. The molecule has 6 nitrogen and oxygen atoms in total. The van der Waals surface area contributed by atoms with E-state index < -0.39 is 0 Å². The molecule has 0 aliphatic rings. The molecule has 0 N–H and O–H groups in total. The van der Waals surface area contributed by atoms with Gasteiger partial charge in [-0.25, -0.2) is 4.98 Å². The average molecular weight is 333 g/mol. The maximum absolute atomic E-state index is 12.2. The van der Waals surface area contributed by atoms with Gasteiger partial charge in [-0.15, -0.1) is 11.3 Å². The van der Waals surface area contributed by atoms with Crippen molar-refractivity contribution in [3.8, 4) is 10.7 Å².